The first kappa shape index (κ1) is 16.8. The van der Waals surface area contributed by atoms with Crippen molar-refractivity contribution in [2.24, 2.45) is 0 Å². The summed E-state index contributed by atoms with van der Waals surface area (Å²) in [7, 11) is 1.31. The van der Waals surface area contributed by atoms with Crippen LogP contribution < -0.4 is 4.74 Å². The predicted molar refractivity (Wildman–Crippen MR) is 68.7 cm³/mol. The monoisotopic (exact) mass is 292 g/mol. The average molecular weight is 292 g/mol. The van der Waals surface area contributed by atoms with Crippen LogP contribution in [-0.4, -0.2) is 30.0 Å². The van der Waals surface area contributed by atoms with Crippen molar-refractivity contribution in [3.05, 3.63) is 29.3 Å². The molecule has 2 unspecified atom stereocenters. The molecule has 0 heterocycles. The molecule has 6 heteroatoms. The lowest BCUT2D eigenvalue weighted by Gasteiger charge is -2.21. The molecule has 0 fully saturated rings. The molecule has 0 radical (unpaired) electrons. The van der Waals surface area contributed by atoms with Crippen LogP contribution >= 0.6 is 0 Å². The first-order chi connectivity index (χ1) is 9.33. The van der Waals surface area contributed by atoms with Crippen LogP contribution in [0.3, 0.4) is 0 Å². The van der Waals surface area contributed by atoms with E-state index >= 15 is 0 Å². The Balaban J connectivity index is 3.10. The third-order valence-electron chi connectivity index (χ3n) is 3.26. The van der Waals surface area contributed by atoms with E-state index in [1.54, 1.807) is 0 Å². The topological polar surface area (TPSA) is 49.7 Å². The number of methoxy groups -OCH3 is 1. The van der Waals surface area contributed by atoms with E-state index in [1.807, 2.05) is 6.92 Å². The summed E-state index contributed by atoms with van der Waals surface area (Å²) < 4.78 is 43.0. The maximum absolute atomic E-state index is 12.7. The van der Waals surface area contributed by atoms with Crippen molar-refractivity contribution >= 4 is 0 Å². The molecule has 0 aliphatic carbocycles. The molecule has 0 saturated carbocycles. The molecule has 0 amide bonds. The Hall–Kier alpha value is -1.27. The van der Waals surface area contributed by atoms with Crippen molar-refractivity contribution in [1.29, 1.82) is 0 Å². The molecule has 0 aliphatic rings. The minimum Gasteiger partial charge on any atom is -0.496 e. The molecule has 0 bridgehead atoms. The Morgan fingerprint density at radius 1 is 1.30 bits per heavy atom. The number of hydrogen-bond donors (Lipinski definition) is 2. The highest BCUT2D eigenvalue weighted by Crippen LogP contribution is 2.37. The summed E-state index contributed by atoms with van der Waals surface area (Å²) >= 11 is 0. The fourth-order valence-electron chi connectivity index (χ4n) is 2.14. The van der Waals surface area contributed by atoms with Crippen LogP contribution in [-0.2, 0) is 6.18 Å². The minimum absolute atomic E-state index is 0.150. The largest absolute Gasteiger partial charge is 0.496 e. The smallest absolute Gasteiger partial charge is 0.416 e. The van der Waals surface area contributed by atoms with Gasteiger partial charge in [-0.05, 0) is 36.5 Å². The van der Waals surface area contributed by atoms with E-state index in [2.05, 4.69) is 0 Å². The fourth-order valence-corrected chi connectivity index (χ4v) is 2.14. The van der Waals surface area contributed by atoms with Gasteiger partial charge in [-0.25, -0.2) is 0 Å². The molecular formula is C14H19F3O3. The Morgan fingerprint density at radius 3 is 2.40 bits per heavy atom. The van der Waals surface area contributed by atoms with Gasteiger partial charge in [0.05, 0.1) is 25.4 Å². The maximum Gasteiger partial charge on any atom is 0.416 e. The van der Waals surface area contributed by atoms with Crippen molar-refractivity contribution < 1.29 is 28.1 Å². The van der Waals surface area contributed by atoms with Gasteiger partial charge in [-0.2, -0.15) is 13.2 Å². The second kappa shape index (κ2) is 6.95. The van der Waals surface area contributed by atoms with Gasteiger partial charge in [-0.15, -0.1) is 0 Å². The van der Waals surface area contributed by atoms with Crippen LogP contribution in [0.5, 0.6) is 5.75 Å². The second-order valence-corrected chi connectivity index (χ2v) is 4.63. The lowest BCUT2D eigenvalue weighted by atomic mass is 9.89. The van der Waals surface area contributed by atoms with E-state index in [9.17, 15) is 18.3 Å². The number of ether oxygens (including phenoxy) is 1. The Labute approximate surface area is 116 Å². The van der Waals surface area contributed by atoms with Gasteiger partial charge in [0.1, 0.15) is 5.75 Å². The molecule has 0 spiro atoms. The molecule has 1 aromatic carbocycles. The number of benzene rings is 1. The van der Waals surface area contributed by atoms with E-state index < -0.39 is 17.8 Å². The third-order valence-corrected chi connectivity index (χ3v) is 3.26. The zero-order valence-corrected chi connectivity index (χ0v) is 11.4. The standard InChI is InChI=1S/C14H19F3O3/c1-3-9(6-11(19)8-18)12-5-4-10(14(15,16)17)7-13(12)20-2/h4-5,7,9,11,18-19H,3,6,8H2,1-2H3. The highest BCUT2D eigenvalue weighted by atomic mass is 19.4. The summed E-state index contributed by atoms with van der Waals surface area (Å²) in [6.45, 7) is 1.49. The molecule has 20 heavy (non-hydrogen) atoms. The SMILES string of the molecule is CCC(CC(O)CO)c1ccc(C(F)(F)F)cc1OC. The summed E-state index contributed by atoms with van der Waals surface area (Å²) in [5.74, 6) is -0.0220. The molecule has 2 atom stereocenters. The quantitative estimate of drug-likeness (QED) is 0.847. The molecule has 3 nitrogen and oxygen atoms in total. The highest BCUT2D eigenvalue weighted by molar-refractivity contribution is 5.41. The van der Waals surface area contributed by atoms with E-state index in [0.29, 0.717) is 12.0 Å². The summed E-state index contributed by atoms with van der Waals surface area (Å²) in [5.41, 5.74) is -0.161. The number of alkyl halides is 3. The van der Waals surface area contributed by atoms with Crippen molar-refractivity contribution in [1.82, 2.24) is 0 Å². The number of hydrogen-bond acceptors (Lipinski definition) is 3. The molecule has 114 valence electrons. The van der Waals surface area contributed by atoms with Crippen LogP contribution in [0.2, 0.25) is 0 Å². The Morgan fingerprint density at radius 2 is 1.95 bits per heavy atom. The molecular weight excluding hydrogens is 273 g/mol. The van der Waals surface area contributed by atoms with E-state index in [-0.39, 0.29) is 24.7 Å². The number of aliphatic hydroxyl groups is 2. The zero-order valence-electron chi connectivity index (χ0n) is 11.4. The van der Waals surface area contributed by atoms with E-state index in [1.165, 1.54) is 13.2 Å². The van der Waals surface area contributed by atoms with Crippen LogP contribution in [0.15, 0.2) is 18.2 Å². The molecule has 1 aromatic rings. The fraction of sp³-hybridized carbons (Fsp3) is 0.571. The van der Waals surface area contributed by atoms with E-state index in [0.717, 1.165) is 12.1 Å². The third kappa shape index (κ3) is 4.11. The first-order valence-electron chi connectivity index (χ1n) is 6.37. The van der Waals surface area contributed by atoms with Crippen molar-refractivity contribution in [3.63, 3.8) is 0 Å². The summed E-state index contributed by atoms with van der Waals surface area (Å²) in [4.78, 5) is 0. The minimum atomic E-state index is -4.42. The van der Waals surface area contributed by atoms with Gasteiger partial charge in [-0.1, -0.05) is 13.0 Å². The highest BCUT2D eigenvalue weighted by Gasteiger charge is 2.32. The Kier molecular flexibility index (Phi) is 5.83. The van der Waals surface area contributed by atoms with E-state index in [4.69, 9.17) is 9.84 Å². The number of halogens is 3. The molecule has 0 aromatic heterocycles. The average Bonchev–Trinajstić information content (AvgIpc) is 2.42. The molecule has 2 N–H and O–H groups in total. The zero-order chi connectivity index (χ0) is 15.3. The van der Waals surface area contributed by atoms with Gasteiger partial charge < -0.3 is 14.9 Å². The molecule has 1 rings (SSSR count). The van der Waals surface area contributed by atoms with Gasteiger partial charge in [-0.3, -0.25) is 0 Å². The maximum atomic E-state index is 12.7. The first-order valence-corrected chi connectivity index (χ1v) is 6.37. The van der Waals surface area contributed by atoms with Crippen LogP contribution in [0.1, 0.15) is 36.8 Å². The molecule has 0 saturated heterocycles. The van der Waals surface area contributed by atoms with Crippen molar-refractivity contribution in [2.45, 2.75) is 38.0 Å². The Bertz CT molecular complexity index is 432. The van der Waals surface area contributed by atoms with Gasteiger partial charge >= 0.3 is 6.18 Å². The van der Waals surface area contributed by atoms with Gasteiger partial charge in [0.15, 0.2) is 0 Å². The van der Waals surface area contributed by atoms with Crippen LogP contribution in [0.25, 0.3) is 0 Å². The summed E-state index contributed by atoms with van der Waals surface area (Å²) in [6.07, 6.45) is -4.42. The van der Waals surface area contributed by atoms with Crippen molar-refractivity contribution in [3.8, 4) is 5.75 Å². The number of aliphatic hydroxyl groups excluding tert-OH is 2. The second-order valence-electron chi connectivity index (χ2n) is 4.63. The van der Waals surface area contributed by atoms with Crippen LogP contribution in [0, 0.1) is 0 Å². The summed E-state index contributed by atoms with van der Waals surface area (Å²) in [5, 5.41) is 18.4. The normalized spacial score (nSPS) is 14.9. The lowest BCUT2D eigenvalue weighted by Crippen LogP contribution is -2.17. The summed E-state index contributed by atoms with van der Waals surface area (Å²) in [6, 6.07) is 3.34. The van der Waals surface area contributed by atoms with Gasteiger partial charge in [0.25, 0.3) is 0 Å². The van der Waals surface area contributed by atoms with Gasteiger partial charge in [0, 0.05) is 0 Å². The van der Waals surface area contributed by atoms with Crippen LogP contribution in [0.4, 0.5) is 13.2 Å². The lowest BCUT2D eigenvalue weighted by molar-refractivity contribution is -0.137. The molecule has 0 aliphatic heterocycles. The predicted octanol–water partition coefficient (Wildman–Crippen LogP) is 2.95. The van der Waals surface area contributed by atoms with Crippen molar-refractivity contribution in [2.75, 3.05) is 13.7 Å². The van der Waals surface area contributed by atoms with Gasteiger partial charge in [0.2, 0.25) is 0 Å². The number of rotatable bonds is 6.